The van der Waals surface area contributed by atoms with Gasteiger partial charge >= 0.3 is 5.97 Å². The van der Waals surface area contributed by atoms with E-state index in [2.05, 4.69) is 9.98 Å². The number of hydrogen-bond donors (Lipinski definition) is 2. The number of rotatable bonds is 3. The van der Waals surface area contributed by atoms with Gasteiger partial charge in [0.25, 0.3) is 0 Å². The second-order valence-corrected chi connectivity index (χ2v) is 5.23. The molecule has 1 aromatic rings. The molecule has 0 aromatic carbocycles. The van der Waals surface area contributed by atoms with Crippen molar-refractivity contribution in [2.75, 3.05) is 12.4 Å². The Kier molecular flexibility index (Phi) is 3.66. The lowest BCUT2D eigenvalue weighted by molar-refractivity contribution is -0.147. The van der Waals surface area contributed by atoms with Crippen LogP contribution in [0.5, 0.6) is 11.5 Å². The molecule has 0 fully saturated rings. The number of nitrogens with zero attached hydrogens (tertiary/aromatic N) is 2. The molecule has 0 radical (unpaired) electrons. The van der Waals surface area contributed by atoms with Gasteiger partial charge in [-0.3, -0.25) is 4.99 Å². The molecule has 1 unspecified atom stereocenters. The van der Waals surface area contributed by atoms with E-state index in [-0.39, 0.29) is 17.2 Å². The Bertz CT molecular complexity index is 547. The Hall–Kier alpha value is -1.76. The highest BCUT2D eigenvalue weighted by molar-refractivity contribution is 8.14. The summed E-state index contributed by atoms with van der Waals surface area (Å²) in [7, 11) is 0. The van der Waals surface area contributed by atoms with Gasteiger partial charge in [-0.1, -0.05) is 0 Å². The summed E-state index contributed by atoms with van der Waals surface area (Å²) in [5.41, 5.74) is -0.696. The SMILES string of the molecule is CCOC(=O)C1(C)CSC(c2ncc(O)cc2O)=N1. The topological polar surface area (TPSA) is 92.0 Å². The van der Waals surface area contributed by atoms with Crippen LogP contribution in [0.1, 0.15) is 19.5 Å². The molecule has 2 heterocycles. The summed E-state index contributed by atoms with van der Waals surface area (Å²) in [6.07, 6.45) is 1.22. The summed E-state index contributed by atoms with van der Waals surface area (Å²) in [4.78, 5) is 20.0. The van der Waals surface area contributed by atoms with Crippen LogP contribution >= 0.6 is 11.8 Å². The van der Waals surface area contributed by atoms with Crippen molar-refractivity contribution in [3.63, 3.8) is 0 Å². The van der Waals surface area contributed by atoms with Gasteiger partial charge in [-0.05, 0) is 13.8 Å². The van der Waals surface area contributed by atoms with Gasteiger partial charge in [0.2, 0.25) is 0 Å². The first kappa shape index (κ1) is 13.7. The predicted molar refractivity (Wildman–Crippen MR) is 71.6 cm³/mol. The molecule has 0 spiro atoms. The van der Waals surface area contributed by atoms with E-state index in [0.717, 1.165) is 0 Å². The van der Waals surface area contributed by atoms with E-state index >= 15 is 0 Å². The Balaban J connectivity index is 2.30. The van der Waals surface area contributed by atoms with Crippen LogP contribution in [-0.2, 0) is 9.53 Å². The fourth-order valence-electron chi connectivity index (χ4n) is 1.62. The molecule has 1 aromatic heterocycles. The van der Waals surface area contributed by atoms with Crippen molar-refractivity contribution < 1.29 is 19.7 Å². The van der Waals surface area contributed by atoms with Crippen molar-refractivity contribution in [3.05, 3.63) is 18.0 Å². The van der Waals surface area contributed by atoms with Gasteiger partial charge in [0.1, 0.15) is 22.2 Å². The fraction of sp³-hybridized carbons (Fsp3) is 0.417. The molecule has 0 amide bonds. The fourth-order valence-corrected chi connectivity index (χ4v) is 2.78. The summed E-state index contributed by atoms with van der Waals surface area (Å²) in [5.74, 6) is -0.253. The molecular weight excluding hydrogens is 268 g/mol. The molecule has 2 rings (SSSR count). The highest BCUT2D eigenvalue weighted by Crippen LogP contribution is 2.34. The maximum absolute atomic E-state index is 11.8. The number of thioether (sulfide) groups is 1. The summed E-state index contributed by atoms with van der Waals surface area (Å²) < 4.78 is 4.98. The number of ether oxygens (including phenoxy) is 1. The molecule has 0 saturated heterocycles. The van der Waals surface area contributed by atoms with Crippen LogP contribution in [0.15, 0.2) is 17.3 Å². The Morgan fingerprint density at radius 2 is 2.32 bits per heavy atom. The molecule has 1 aliphatic heterocycles. The molecule has 0 saturated carbocycles. The van der Waals surface area contributed by atoms with Gasteiger partial charge in [0.05, 0.1) is 12.8 Å². The Morgan fingerprint density at radius 3 is 2.95 bits per heavy atom. The van der Waals surface area contributed by atoms with Crippen LogP contribution < -0.4 is 0 Å². The van der Waals surface area contributed by atoms with Gasteiger partial charge in [0.15, 0.2) is 5.54 Å². The second kappa shape index (κ2) is 5.08. The number of esters is 1. The van der Waals surface area contributed by atoms with Gasteiger partial charge in [-0.2, -0.15) is 0 Å². The van der Waals surface area contributed by atoms with E-state index in [9.17, 15) is 15.0 Å². The number of aromatic hydroxyl groups is 2. The van der Waals surface area contributed by atoms with Gasteiger partial charge in [-0.15, -0.1) is 11.8 Å². The molecule has 102 valence electrons. The first-order valence-corrected chi connectivity index (χ1v) is 6.73. The summed E-state index contributed by atoms with van der Waals surface area (Å²) >= 11 is 1.32. The number of aromatic nitrogens is 1. The molecule has 6 nitrogen and oxygen atoms in total. The zero-order chi connectivity index (χ0) is 14.0. The summed E-state index contributed by atoms with van der Waals surface area (Å²) in [5, 5.41) is 19.4. The maximum Gasteiger partial charge on any atom is 0.334 e. The molecule has 0 bridgehead atoms. The van der Waals surface area contributed by atoms with Crippen LogP contribution in [-0.4, -0.2) is 44.1 Å². The monoisotopic (exact) mass is 282 g/mol. The number of aliphatic imine (C=N–C) groups is 1. The number of pyridine rings is 1. The third-order valence-corrected chi connectivity index (χ3v) is 3.87. The summed E-state index contributed by atoms with van der Waals surface area (Å²) in [6, 6.07) is 1.19. The largest absolute Gasteiger partial charge is 0.506 e. The molecule has 7 heteroatoms. The van der Waals surface area contributed by atoms with E-state index in [1.54, 1.807) is 13.8 Å². The zero-order valence-electron chi connectivity index (χ0n) is 10.6. The van der Waals surface area contributed by atoms with Crippen molar-refractivity contribution in [3.8, 4) is 11.5 Å². The lowest BCUT2D eigenvalue weighted by atomic mass is 10.1. The van der Waals surface area contributed by atoms with Crippen LogP contribution in [0.2, 0.25) is 0 Å². The van der Waals surface area contributed by atoms with E-state index in [4.69, 9.17) is 4.74 Å². The van der Waals surface area contributed by atoms with E-state index in [1.807, 2.05) is 0 Å². The predicted octanol–water partition coefficient (Wildman–Crippen LogP) is 1.31. The minimum absolute atomic E-state index is 0.127. The second-order valence-electron chi connectivity index (χ2n) is 4.26. The van der Waals surface area contributed by atoms with Crippen molar-refractivity contribution in [1.82, 2.24) is 4.98 Å². The minimum atomic E-state index is -0.956. The van der Waals surface area contributed by atoms with E-state index < -0.39 is 11.5 Å². The third kappa shape index (κ3) is 2.65. The average Bonchev–Trinajstić information content (AvgIpc) is 2.73. The standard InChI is InChI=1S/C12H14N2O4S/c1-3-18-11(17)12(2)6-19-10(14-12)9-8(16)4-7(15)5-13-9/h4-5,15-16H,3,6H2,1-2H3. The highest BCUT2D eigenvalue weighted by atomic mass is 32.2. The smallest absolute Gasteiger partial charge is 0.334 e. The Morgan fingerprint density at radius 1 is 1.58 bits per heavy atom. The minimum Gasteiger partial charge on any atom is -0.506 e. The van der Waals surface area contributed by atoms with E-state index in [0.29, 0.717) is 17.4 Å². The Labute approximate surface area is 114 Å². The van der Waals surface area contributed by atoms with Crippen molar-refractivity contribution in [2.45, 2.75) is 19.4 Å². The van der Waals surface area contributed by atoms with Crippen LogP contribution in [0.25, 0.3) is 0 Å². The van der Waals surface area contributed by atoms with Crippen LogP contribution in [0.4, 0.5) is 0 Å². The lowest BCUT2D eigenvalue weighted by Crippen LogP contribution is -2.35. The molecule has 2 N–H and O–H groups in total. The van der Waals surface area contributed by atoms with Gasteiger partial charge in [-0.25, -0.2) is 9.78 Å². The van der Waals surface area contributed by atoms with Gasteiger partial charge in [0, 0.05) is 11.8 Å². The summed E-state index contributed by atoms with van der Waals surface area (Å²) in [6.45, 7) is 3.72. The molecule has 0 aliphatic carbocycles. The van der Waals surface area contributed by atoms with Crippen molar-refractivity contribution in [2.24, 2.45) is 4.99 Å². The third-order valence-electron chi connectivity index (χ3n) is 2.61. The number of hydrogen-bond acceptors (Lipinski definition) is 7. The zero-order valence-corrected chi connectivity index (χ0v) is 11.4. The first-order chi connectivity index (χ1) is 8.96. The van der Waals surface area contributed by atoms with Crippen molar-refractivity contribution in [1.29, 1.82) is 0 Å². The normalized spacial score (nSPS) is 22.1. The van der Waals surface area contributed by atoms with Crippen molar-refractivity contribution >= 4 is 22.8 Å². The highest BCUT2D eigenvalue weighted by Gasteiger charge is 2.40. The van der Waals surface area contributed by atoms with Gasteiger partial charge < -0.3 is 14.9 Å². The molecular formula is C12H14N2O4S. The van der Waals surface area contributed by atoms with E-state index in [1.165, 1.54) is 24.0 Å². The lowest BCUT2D eigenvalue weighted by Gasteiger charge is -2.16. The molecule has 19 heavy (non-hydrogen) atoms. The molecule has 1 atom stereocenters. The average molecular weight is 282 g/mol. The number of carbonyl (C=O) groups excluding carboxylic acids is 1. The quantitative estimate of drug-likeness (QED) is 0.812. The maximum atomic E-state index is 11.8. The number of carbonyl (C=O) groups is 1. The van der Waals surface area contributed by atoms with Crippen LogP contribution in [0.3, 0.4) is 0 Å². The molecule has 1 aliphatic rings. The first-order valence-electron chi connectivity index (χ1n) is 5.74. The van der Waals surface area contributed by atoms with Crippen LogP contribution in [0, 0.1) is 0 Å².